The van der Waals surface area contributed by atoms with Gasteiger partial charge in [0, 0.05) is 25.3 Å². The van der Waals surface area contributed by atoms with E-state index in [1.54, 1.807) is 0 Å². The average molecular weight is 478 g/mol. The molecule has 0 radical (unpaired) electrons. The molecule has 2 N–H and O–H groups in total. The van der Waals surface area contributed by atoms with Crippen molar-refractivity contribution in [2.75, 3.05) is 31.1 Å². The normalized spacial score (nSPS) is 12.9. The molecule has 0 saturated heterocycles. The van der Waals surface area contributed by atoms with Crippen LogP contribution in [-0.2, 0) is 17.6 Å². The summed E-state index contributed by atoms with van der Waals surface area (Å²) in [4.78, 5) is 18.9. The zero-order chi connectivity index (χ0) is 18.2. The first-order valence-electron chi connectivity index (χ1n) is 9.22. The zero-order valence-electron chi connectivity index (χ0n) is 15.6. The number of guanidine groups is 1. The molecule has 0 aromatic heterocycles. The van der Waals surface area contributed by atoms with Gasteiger partial charge < -0.3 is 15.5 Å². The zero-order valence-corrected chi connectivity index (χ0v) is 18.0. The van der Waals surface area contributed by atoms with E-state index in [1.807, 2.05) is 48.2 Å². The van der Waals surface area contributed by atoms with Crippen molar-refractivity contribution in [2.24, 2.45) is 4.99 Å². The number of rotatable bonds is 6. The third kappa shape index (κ3) is 5.95. The number of nitrogens with zero attached hydrogens (tertiary/aromatic N) is 2. The highest BCUT2D eigenvalue weighted by Gasteiger charge is 2.23. The second kappa shape index (κ2) is 10.9. The van der Waals surface area contributed by atoms with Gasteiger partial charge in [-0.25, -0.2) is 4.99 Å². The van der Waals surface area contributed by atoms with Crippen molar-refractivity contribution in [3.63, 3.8) is 0 Å². The third-order valence-electron chi connectivity index (χ3n) is 4.45. The summed E-state index contributed by atoms with van der Waals surface area (Å²) in [5.41, 5.74) is 3.54. The van der Waals surface area contributed by atoms with Crippen LogP contribution in [0, 0.1) is 0 Å². The van der Waals surface area contributed by atoms with Crippen LogP contribution < -0.4 is 15.5 Å². The fourth-order valence-corrected chi connectivity index (χ4v) is 3.14. The highest BCUT2D eigenvalue weighted by atomic mass is 127. The number of aliphatic imine (C=N–C) groups is 1. The molecule has 2 aromatic carbocycles. The van der Waals surface area contributed by atoms with Crippen LogP contribution in [-0.4, -0.2) is 38.0 Å². The van der Waals surface area contributed by atoms with Crippen LogP contribution in [0.15, 0.2) is 59.6 Å². The maximum absolute atomic E-state index is 12.6. The Hall–Kier alpha value is -2.09. The van der Waals surface area contributed by atoms with E-state index < -0.39 is 0 Å². The number of fused-ring (bicyclic) bond motifs is 1. The minimum atomic E-state index is 0. The van der Waals surface area contributed by atoms with Crippen LogP contribution in [0.4, 0.5) is 5.69 Å². The largest absolute Gasteiger partial charge is 0.357 e. The van der Waals surface area contributed by atoms with E-state index in [9.17, 15) is 4.79 Å². The summed E-state index contributed by atoms with van der Waals surface area (Å²) in [5, 5.41) is 6.50. The maximum Gasteiger partial charge on any atom is 0.248 e. The number of carbonyl (C=O) groups excluding carboxylic acids is 1. The van der Waals surface area contributed by atoms with E-state index in [4.69, 9.17) is 0 Å². The van der Waals surface area contributed by atoms with Crippen molar-refractivity contribution >= 4 is 41.5 Å². The van der Waals surface area contributed by atoms with Gasteiger partial charge in [-0.05, 0) is 37.0 Å². The van der Waals surface area contributed by atoms with Crippen molar-refractivity contribution in [3.05, 3.63) is 65.7 Å². The molecule has 0 fully saturated rings. The van der Waals surface area contributed by atoms with Crippen LogP contribution in [0.25, 0.3) is 0 Å². The van der Waals surface area contributed by atoms with Gasteiger partial charge >= 0.3 is 0 Å². The number of carbonyl (C=O) groups is 1. The van der Waals surface area contributed by atoms with Gasteiger partial charge in [0.25, 0.3) is 0 Å². The monoisotopic (exact) mass is 478 g/mol. The number of hydrogen-bond acceptors (Lipinski definition) is 2. The van der Waals surface area contributed by atoms with E-state index in [-0.39, 0.29) is 36.4 Å². The second-order valence-corrected chi connectivity index (χ2v) is 6.28. The molecule has 27 heavy (non-hydrogen) atoms. The Morgan fingerprint density at radius 1 is 1.07 bits per heavy atom. The van der Waals surface area contributed by atoms with Crippen LogP contribution in [0.3, 0.4) is 0 Å². The molecule has 1 heterocycles. The Kier molecular flexibility index (Phi) is 8.57. The second-order valence-electron chi connectivity index (χ2n) is 6.28. The summed E-state index contributed by atoms with van der Waals surface area (Å²) < 4.78 is 0. The Morgan fingerprint density at radius 2 is 1.81 bits per heavy atom. The Balaban J connectivity index is 0.00000261. The molecule has 1 amide bonds. The molecule has 2 aromatic rings. The molecule has 0 saturated carbocycles. The Labute approximate surface area is 178 Å². The minimum Gasteiger partial charge on any atom is -0.357 e. The summed E-state index contributed by atoms with van der Waals surface area (Å²) >= 11 is 0. The molecular formula is C21H27IN4O. The molecule has 0 bridgehead atoms. The Bertz CT molecular complexity index is 764. The average Bonchev–Trinajstić information content (AvgIpc) is 3.11. The highest BCUT2D eigenvalue weighted by molar-refractivity contribution is 14.0. The van der Waals surface area contributed by atoms with Gasteiger partial charge in [-0.2, -0.15) is 0 Å². The van der Waals surface area contributed by atoms with E-state index in [2.05, 4.69) is 33.8 Å². The van der Waals surface area contributed by atoms with Crippen molar-refractivity contribution in [1.82, 2.24) is 10.6 Å². The third-order valence-corrected chi connectivity index (χ3v) is 4.45. The lowest BCUT2D eigenvalue weighted by atomic mass is 10.1. The summed E-state index contributed by atoms with van der Waals surface area (Å²) in [6.07, 6.45) is 1.83. The van der Waals surface area contributed by atoms with Crippen molar-refractivity contribution in [2.45, 2.75) is 19.8 Å². The lowest BCUT2D eigenvalue weighted by molar-refractivity contribution is -0.117. The molecule has 5 nitrogen and oxygen atoms in total. The maximum atomic E-state index is 12.6. The lowest BCUT2D eigenvalue weighted by Crippen LogP contribution is -2.39. The molecule has 0 unspecified atom stereocenters. The summed E-state index contributed by atoms with van der Waals surface area (Å²) in [5.74, 6) is 0.722. The molecule has 0 atom stereocenters. The molecular weight excluding hydrogens is 451 g/mol. The van der Waals surface area contributed by atoms with Gasteiger partial charge in [-0.15, -0.1) is 24.0 Å². The number of hydrogen-bond donors (Lipinski definition) is 2. The molecule has 0 spiro atoms. The first-order chi connectivity index (χ1) is 12.8. The van der Waals surface area contributed by atoms with E-state index in [0.717, 1.165) is 38.2 Å². The Morgan fingerprint density at radius 3 is 2.59 bits per heavy atom. The SMILES string of the molecule is CCNC(=NCC(=O)N1CCc2ccccc21)NCCc1ccccc1.I. The fraction of sp³-hybridized carbons (Fsp3) is 0.333. The van der Waals surface area contributed by atoms with Gasteiger partial charge in [0.2, 0.25) is 5.91 Å². The van der Waals surface area contributed by atoms with E-state index >= 15 is 0 Å². The summed E-state index contributed by atoms with van der Waals surface area (Å²) in [6.45, 7) is 4.45. The van der Waals surface area contributed by atoms with Gasteiger partial charge in [-0.3, -0.25) is 4.79 Å². The van der Waals surface area contributed by atoms with Gasteiger partial charge in [0.15, 0.2) is 5.96 Å². The number of halogens is 1. The van der Waals surface area contributed by atoms with Gasteiger partial charge in [-0.1, -0.05) is 48.5 Å². The number of para-hydroxylation sites is 1. The van der Waals surface area contributed by atoms with Crippen molar-refractivity contribution in [3.8, 4) is 0 Å². The summed E-state index contributed by atoms with van der Waals surface area (Å²) in [6, 6.07) is 18.4. The number of anilines is 1. The number of nitrogens with one attached hydrogen (secondary N) is 2. The highest BCUT2D eigenvalue weighted by Crippen LogP contribution is 2.27. The van der Waals surface area contributed by atoms with Crippen LogP contribution in [0.5, 0.6) is 0 Å². The van der Waals surface area contributed by atoms with Gasteiger partial charge in [0.1, 0.15) is 6.54 Å². The smallest absolute Gasteiger partial charge is 0.248 e. The molecule has 1 aliphatic heterocycles. The molecule has 1 aliphatic rings. The van der Waals surface area contributed by atoms with Crippen molar-refractivity contribution in [1.29, 1.82) is 0 Å². The molecule has 144 valence electrons. The molecule has 6 heteroatoms. The molecule has 3 rings (SSSR count). The lowest BCUT2D eigenvalue weighted by Gasteiger charge is -2.17. The van der Waals surface area contributed by atoms with Crippen LogP contribution in [0.2, 0.25) is 0 Å². The van der Waals surface area contributed by atoms with Crippen LogP contribution >= 0.6 is 24.0 Å². The van der Waals surface area contributed by atoms with E-state index in [0.29, 0.717) is 5.96 Å². The molecule has 0 aliphatic carbocycles. The number of amides is 1. The quantitative estimate of drug-likeness (QED) is 0.382. The minimum absolute atomic E-state index is 0. The van der Waals surface area contributed by atoms with Crippen molar-refractivity contribution < 1.29 is 4.79 Å². The van der Waals surface area contributed by atoms with E-state index in [1.165, 1.54) is 11.1 Å². The standard InChI is InChI=1S/C21H26N4O.HI/c1-2-22-21(23-14-12-17-8-4-3-5-9-17)24-16-20(26)25-15-13-18-10-6-7-11-19(18)25;/h3-11H,2,12-16H2,1H3,(H2,22,23,24);1H. The van der Waals surface area contributed by atoms with Crippen LogP contribution in [0.1, 0.15) is 18.1 Å². The predicted octanol–water partition coefficient (Wildman–Crippen LogP) is 2.99. The predicted molar refractivity (Wildman–Crippen MR) is 122 cm³/mol. The number of benzene rings is 2. The first kappa shape index (κ1) is 21.2. The first-order valence-corrected chi connectivity index (χ1v) is 9.22. The fourth-order valence-electron chi connectivity index (χ4n) is 3.14. The topological polar surface area (TPSA) is 56.7 Å². The summed E-state index contributed by atoms with van der Waals surface area (Å²) in [7, 11) is 0. The van der Waals surface area contributed by atoms with Gasteiger partial charge in [0.05, 0.1) is 0 Å².